The van der Waals surface area contributed by atoms with E-state index in [0.29, 0.717) is 6.54 Å². The summed E-state index contributed by atoms with van der Waals surface area (Å²) in [5.41, 5.74) is 7.95. The van der Waals surface area contributed by atoms with Gasteiger partial charge in [0.1, 0.15) is 5.82 Å². The largest absolute Gasteiger partial charge is 0.359 e. The number of fused-ring (bicyclic) bond motifs is 1. The van der Waals surface area contributed by atoms with Crippen LogP contribution in [0.4, 0.5) is 5.82 Å². The minimum absolute atomic E-state index is 0.529. The molecule has 0 saturated heterocycles. The molecule has 2 aromatic rings. The molecule has 2 N–H and O–H groups in total. The van der Waals surface area contributed by atoms with Crippen molar-refractivity contribution >= 4 is 16.7 Å². The Kier molecular flexibility index (Phi) is 3.59. The van der Waals surface area contributed by atoms with Crippen LogP contribution in [0.3, 0.4) is 0 Å². The third-order valence-electron chi connectivity index (χ3n) is 2.92. The van der Waals surface area contributed by atoms with Crippen molar-refractivity contribution in [3.8, 4) is 0 Å². The van der Waals surface area contributed by atoms with Crippen molar-refractivity contribution in [2.45, 2.75) is 19.9 Å². The molecule has 0 atom stereocenters. The van der Waals surface area contributed by atoms with Gasteiger partial charge in [0.2, 0.25) is 0 Å². The molecule has 0 aliphatic heterocycles. The Labute approximate surface area is 102 Å². The number of aromatic nitrogens is 1. The summed E-state index contributed by atoms with van der Waals surface area (Å²) in [5.74, 6) is 1.01. The standard InChI is InChI=1S/C14H19N3/c1-3-8-17(2)14-12(10-15)9-11-6-4-5-7-13(11)16-14/h4-7,9H,3,8,10,15H2,1-2H3. The van der Waals surface area contributed by atoms with E-state index in [1.165, 1.54) is 0 Å². The molecule has 0 fully saturated rings. The highest BCUT2D eigenvalue weighted by Crippen LogP contribution is 2.22. The van der Waals surface area contributed by atoms with Crippen LogP contribution in [-0.2, 0) is 6.54 Å². The molecule has 1 aromatic carbocycles. The lowest BCUT2D eigenvalue weighted by Gasteiger charge is -2.20. The lowest BCUT2D eigenvalue weighted by molar-refractivity contribution is 0.830. The second-order valence-corrected chi connectivity index (χ2v) is 4.29. The van der Waals surface area contributed by atoms with Gasteiger partial charge in [-0.1, -0.05) is 25.1 Å². The number of benzene rings is 1. The van der Waals surface area contributed by atoms with Crippen LogP contribution in [0.2, 0.25) is 0 Å². The van der Waals surface area contributed by atoms with Gasteiger partial charge in [-0.2, -0.15) is 0 Å². The number of hydrogen-bond donors (Lipinski definition) is 1. The van der Waals surface area contributed by atoms with Gasteiger partial charge in [-0.25, -0.2) is 4.98 Å². The summed E-state index contributed by atoms with van der Waals surface area (Å²) in [6.45, 7) is 3.69. The first-order valence-electron chi connectivity index (χ1n) is 6.06. The molecule has 2 rings (SSSR count). The van der Waals surface area contributed by atoms with Gasteiger partial charge >= 0.3 is 0 Å². The summed E-state index contributed by atoms with van der Waals surface area (Å²) in [6.07, 6.45) is 1.11. The smallest absolute Gasteiger partial charge is 0.133 e. The third-order valence-corrected chi connectivity index (χ3v) is 2.92. The average Bonchev–Trinajstić information content (AvgIpc) is 2.37. The normalized spacial score (nSPS) is 10.8. The highest BCUT2D eigenvalue weighted by Gasteiger charge is 2.09. The number of hydrogen-bond acceptors (Lipinski definition) is 3. The molecule has 0 saturated carbocycles. The van der Waals surface area contributed by atoms with Crippen molar-refractivity contribution in [1.82, 2.24) is 4.98 Å². The van der Waals surface area contributed by atoms with Gasteiger partial charge in [0, 0.05) is 31.1 Å². The minimum Gasteiger partial charge on any atom is -0.359 e. The number of para-hydroxylation sites is 1. The summed E-state index contributed by atoms with van der Waals surface area (Å²) in [6, 6.07) is 10.3. The van der Waals surface area contributed by atoms with Crippen molar-refractivity contribution in [1.29, 1.82) is 0 Å². The van der Waals surface area contributed by atoms with E-state index in [-0.39, 0.29) is 0 Å². The molecular formula is C14H19N3. The summed E-state index contributed by atoms with van der Waals surface area (Å²) in [4.78, 5) is 6.89. The second-order valence-electron chi connectivity index (χ2n) is 4.29. The maximum Gasteiger partial charge on any atom is 0.133 e. The van der Waals surface area contributed by atoms with Crippen LogP contribution in [0.25, 0.3) is 10.9 Å². The zero-order valence-corrected chi connectivity index (χ0v) is 10.5. The lowest BCUT2D eigenvalue weighted by atomic mass is 10.1. The first-order chi connectivity index (χ1) is 8.26. The topological polar surface area (TPSA) is 42.2 Å². The minimum atomic E-state index is 0.529. The van der Waals surface area contributed by atoms with Crippen molar-refractivity contribution in [2.75, 3.05) is 18.5 Å². The maximum atomic E-state index is 5.81. The average molecular weight is 229 g/mol. The molecule has 1 aromatic heterocycles. The summed E-state index contributed by atoms with van der Waals surface area (Å²) in [7, 11) is 2.07. The molecule has 90 valence electrons. The molecule has 17 heavy (non-hydrogen) atoms. The molecule has 3 heteroatoms. The van der Waals surface area contributed by atoms with E-state index in [0.717, 1.165) is 35.2 Å². The van der Waals surface area contributed by atoms with Gasteiger partial charge in [-0.05, 0) is 18.6 Å². The van der Waals surface area contributed by atoms with E-state index in [1.54, 1.807) is 0 Å². The van der Waals surface area contributed by atoms with Gasteiger partial charge in [-0.3, -0.25) is 0 Å². The monoisotopic (exact) mass is 229 g/mol. The third kappa shape index (κ3) is 2.39. The van der Waals surface area contributed by atoms with Crippen molar-refractivity contribution in [3.63, 3.8) is 0 Å². The van der Waals surface area contributed by atoms with Gasteiger partial charge in [0.05, 0.1) is 5.52 Å². The van der Waals surface area contributed by atoms with E-state index >= 15 is 0 Å². The molecule has 0 amide bonds. The molecule has 3 nitrogen and oxygen atoms in total. The first-order valence-corrected chi connectivity index (χ1v) is 6.06. The molecule has 0 unspecified atom stereocenters. The SMILES string of the molecule is CCCN(C)c1nc2ccccc2cc1CN. The molecule has 1 heterocycles. The quantitative estimate of drug-likeness (QED) is 0.876. The number of pyridine rings is 1. The summed E-state index contributed by atoms with van der Waals surface area (Å²) >= 11 is 0. The van der Waals surface area contributed by atoms with Gasteiger partial charge in [0.25, 0.3) is 0 Å². The highest BCUT2D eigenvalue weighted by atomic mass is 15.2. The van der Waals surface area contributed by atoms with Crippen LogP contribution in [0.5, 0.6) is 0 Å². The molecule has 0 radical (unpaired) electrons. The zero-order valence-electron chi connectivity index (χ0n) is 10.5. The lowest BCUT2D eigenvalue weighted by Crippen LogP contribution is -2.21. The molecule has 0 spiro atoms. The molecule has 0 bridgehead atoms. The van der Waals surface area contributed by atoms with E-state index in [1.807, 2.05) is 18.2 Å². The van der Waals surface area contributed by atoms with Gasteiger partial charge in [0.15, 0.2) is 0 Å². The number of nitrogens with two attached hydrogens (primary N) is 1. The predicted molar refractivity (Wildman–Crippen MR) is 73.2 cm³/mol. The number of rotatable bonds is 4. The summed E-state index contributed by atoms with van der Waals surface area (Å²) < 4.78 is 0. The highest BCUT2D eigenvalue weighted by molar-refractivity contribution is 5.81. The fraction of sp³-hybridized carbons (Fsp3) is 0.357. The van der Waals surface area contributed by atoms with Crippen LogP contribution in [0.15, 0.2) is 30.3 Å². The summed E-state index contributed by atoms with van der Waals surface area (Å²) in [5, 5.41) is 1.15. The fourth-order valence-corrected chi connectivity index (χ4v) is 2.07. The Bertz CT molecular complexity index is 508. The van der Waals surface area contributed by atoms with E-state index < -0.39 is 0 Å². The van der Waals surface area contributed by atoms with Crippen LogP contribution in [0, 0.1) is 0 Å². The van der Waals surface area contributed by atoms with Crippen LogP contribution < -0.4 is 10.6 Å². The zero-order chi connectivity index (χ0) is 12.3. The predicted octanol–water partition coefficient (Wildman–Crippen LogP) is 2.54. The van der Waals surface area contributed by atoms with Crippen LogP contribution in [0.1, 0.15) is 18.9 Å². The van der Waals surface area contributed by atoms with E-state index in [9.17, 15) is 0 Å². The Balaban J connectivity index is 2.52. The van der Waals surface area contributed by atoms with Gasteiger partial charge in [-0.15, -0.1) is 0 Å². The Morgan fingerprint density at radius 1 is 1.29 bits per heavy atom. The van der Waals surface area contributed by atoms with Crippen molar-refractivity contribution < 1.29 is 0 Å². The van der Waals surface area contributed by atoms with Gasteiger partial charge < -0.3 is 10.6 Å². The van der Waals surface area contributed by atoms with Crippen molar-refractivity contribution in [3.05, 3.63) is 35.9 Å². The Morgan fingerprint density at radius 2 is 2.06 bits per heavy atom. The Morgan fingerprint density at radius 3 is 2.76 bits per heavy atom. The maximum absolute atomic E-state index is 5.81. The van der Waals surface area contributed by atoms with E-state index in [4.69, 9.17) is 10.7 Å². The first kappa shape index (κ1) is 11.9. The number of nitrogens with zero attached hydrogens (tertiary/aromatic N) is 2. The van der Waals surface area contributed by atoms with Crippen LogP contribution >= 0.6 is 0 Å². The van der Waals surface area contributed by atoms with E-state index in [2.05, 4.69) is 31.0 Å². The second kappa shape index (κ2) is 5.15. The molecular weight excluding hydrogens is 210 g/mol. The molecule has 0 aliphatic carbocycles. The fourth-order valence-electron chi connectivity index (χ4n) is 2.07. The Hall–Kier alpha value is -1.61. The van der Waals surface area contributed by atoms with Crippen molar-refractivity contribution in [2.24, 2.45) is 5.73 Å². The molecule has 0 aliphatic rings. The van der Waals surface area contributed by atoms with Crippen LogP contribution in [-0.4, -0.2) is 18.6 Å². The number of anilines is 1.